The Labute approximate surface area is 624 Å². The van der Waals surface area contributed by atoms with Gasteiger partial charge in [0, 0.05) is 35.2 Å². The monoisotopic (exact) mass is 1490 g/mol. The summed E-state index contributed by atoms with van der Waals surface area (Å²) >= 11 is 0. The molecule has 4 N–H and O–H groups in total. The van der Waals surface area contributed by atoms with E-state index in [1.165, 1.54) is 66.7 Å². The van der Waals surface area contributed by atoms with Gasteiger partial charge in [0.2, 0.25) is 47.3 Å². The largest absolute Gasteiger partial charge is 0.450 e. The van der Waals surface area contributed by atoms with E-state index in [4.69, 9.17) is 13.6 Å². The maximum Gasteiger partial charge on any atom is 0.329 e. The Kier molecular flexibility index (Phi) is 41.3. The van der Waals surface area contributed by atoms with Crippen LogP contribution in [0.4, 0.5) is 0 Å². The van der Waals surface area contributed by atoms with Crippen molar-refractivity contribution in [2.45, 2.75) is 314 Å². The van der Waals surface area contributed by atoms with E-state index in [0.717, 1.165) is 0 Å². The summed E-state index contributed by atoms with van der Waals surface area (Å²) in [7, 11) is 3.78. The molecular formula is C77H144N10O14Si2. The number of allylic oxidation sites excluding steroid dienone is 2. The molecule has 0 aromatic rings. The first kappa shape index (κ1) is 95.4. The third kappa shape index (κ3) is 28.3. The number of likely N-dealkylation sites (N-methyl/N-ethyl adjacent to an activating group) is 6. The van der Waals surface area contributed by atoms with Crippen LogP contribution in [0.15, 0.2) is 12.2 Å². The first-order valence-corrected chi connectivity index (χ1v) is 43.8. The third-order valence-electron chi connectivity index (χ3n) is 20.8. The fraction of sp³-hybridized carbons (Fsp3) is 0.831. The number of nitrogens with one attached hydrogen (secondary N) is 4. The fourth-order valence-corrected chi connectivity index (χ4v) is 19.9. The molecule has 0 spiro atoms. The molecule has 26 heteroatoms. The molecular weight excluding hydrogens is 1350 g/mol. The molecule has 1 fully saturated rings. The number of rotatable bonds is 27. The minimum absolute atomic E-state index is 0.0761. The summed E-state index contributed by atoms with van der Waals surface area (Å²) in [6.45, 7) is 44.6. The average molecular weight is 1490 g/mol. The predicted octanol–water partition coefficient (Wildman–Crippen LogP) is 9.45. The summed E-state index contributed by atoms with van der Waals surface area (Å²) in [5.41, 5.74) is 0. The highest BCUT2D eigenvalue weighted by molar-refractivity contribution is 6.74. The van der Waals surface area contributed by atoms with Crippen molar-refractivity contribution in [3.8, 4) is 0 Å². The van der Waals surface area contributed by atoms with Crippen LogP contribution < -0.4 is 21.3 Å². The number of carbonyl (C=O) groups excluding carboxylic acids is 11. The number of Topliss-reactive ketones (excluding diaryl/α,β-unsaturated/α-hetero) is 1. The molecule has 0 saturated carbocycles. The number of ether oxygens (including phenoxy) is 1. The van der Waals surface area contributed by atoms with Gasteiger partial charge in [-0.1, -0.05) is 158 Å². The molecule has 1 aliphatic heterocycles. The topological polar surface area (TPSA) is 283 Å². The van der Waals surface area contributed by atoms with Crippen molar-refractivity contribution >= 4 is 81.6 Å². The molecule has 9 amide bonds. The molecule has 24 nitrogen and oxygen atoms in total. The first-order chi connectivity index (χ1) is 47.8. The zero-order valence-electron chi connectivity index (χ0n) is 69.5. The van der Waals surface area contributed by atoms with Crippen molar-refractivity contribution in [1.29, 1.82) is 0 Å². The molecule has 1 heterocycles. The van der Waals surface area contributed by atoms with Crippen molar-refractivity contribution in [2.75, 3.05) is 55.4 Å². The number of amides is 9. The molecule has 594 valence electrons. The summed E-state index contributed by atoms with van der Waals surface area (Å²) < 4.78 is 20.5. The summed E-state index contributed by atoms with van der Waals surface area (Å²) in [5.74, 6) is -9.50. The van der Waals surface area contributed by atoms with Crippen LogP contribution >= 0.6 is 0 Å². The summed E-state index contributed by atoms with van der Waals surface area (Å²) in [4.78, 5) is 175. The van der Waals surface area contributed by atoms with Crippen LogP contribution in [0, 0.1) is 47.3 Å². The van der Waals surface area contributed by atoms with E-state index in [-0.39, 0.29) is 68.2 Å². The average Bonchev–Trinajstić information content (AvgIpc) is 0.789. The normalized spacial score (nSPS) is 25.2. The number of cyclic esters (lactones) is 1. The number of esters is 1. The van der Waals surface area contributed by atoms with E-state index >= 15 is 24.0 Å². The Hall–Kier alpha value is -5.58. The number of hydrogen-bond acceptors (Lipinski definition) is 15. The molecule has 0 aliphatic carbocycles. The second-order valence-electron chi connectivity index (χ2n) is 32.4. The molecule has 1 saturated heterocycles. The number of ketones is 1. The Balaban J connectivity index is 4.81. The van der Waals surface area contributed by atoms with Gasteiger partial charge in [-0.05, 0) is 150 Å². The number of hydrogen-bond donors (Lipinski definition) is 4. The molecule has 0 unspecified atom stereocenters. The van der Waals surface area contributed by atoms with Crippen molar-refractivity contribution in [1.82, 2.24) is 50.7 Å². The quantitative estimate of drug-likeness (QED) is 0.0338. The lowest BCUT2D eigenvalue weighted by atomic mass is 9.91. The van der Waals surface area contributed by atoms with E-state index in [0.29, 0.717) is 42.7 Å². The summed E-state index contributed by atoms with van der Waals surface area (Å²) in [5, 5.41) is 11.8. The predicted molar refractivity (Wildman–Crippen MR) is 414 cm³/mol. The van der Waals surface area contributed by atoms with E-state index in [2.05, 4.69) is 62.8 Å². The zero-order chi connectivity index (χ0) is 79.6. The number of nitrogens with zero attached hydrogens (tertiary/aromatic N) is 6. The van der Waals surface area contributed by atoms with Gasteiger partial charge in [-0.3, -0.25) is 52.8 Å². The lowest BCUT2D eigenvalue weighted by molar-refractivity contribution is -0.166. The van der Waals surface area contributed by atoms with E-state index in [1.807, 2.05) is 95.2 Å². The summed E-state index contributed by atoms with van der Waals surface area (Å²) in [6, 6.07) is -6.93. The van der Waals surface area contributed by atoms with Gasteiger partial charge in [-0.25, -0.2) is 4.79 Å². The van der Waals surface area contributed by atoms with Crippen molar-refractivity contribution in [2.24, 2.45) is 47.3 Å². The SMILES string of the molecule is C/C=C/C[C@@H](C)[C@@H](O[Si](CC)(CC)CC)[C@@H]1C(=O)N[C@@H]([C@@H](C)O[Si](CC)(CC)CC)C(=O)N(C)CC(=O)CN(C)[C@@H](CC(C)C)C(=O)N[C@H](CC(C)C)C(=O)N(C)[C@H](CC(C)C)C(=O)N[C@@H](C)C(=O)O[C@@H](C(C)C)C(=O)N(C)[C@H](CC(C)C)C(=O)N[C@@H](CC(C)C)C(=O)N(C)[C@H](C(C)C)C(=O)N1C. The second kappa shape index (κ2) is 44.5. The maximum absolute atomic E-state index is 16.3. The van der Waals surface area contributed by atoms with Gasteiger partial charge in [0.15, 0.2) is 28.5 Å². The Morgan fingerprint density at radius 1 is 0.456 bits per heavy atom. The molecule has 0 aromatic carbocycles. The fourth-order valence-electron chi connectivity index (χ4n) is 14.0. The van der Waals surface area contributed by atoms with E-state index < -0.39 is 179 Å². The maximum atomic E-state index is 16.3. The molecule has 1 rings (SSSR count). The molecule has 103 heavy (non-hydrogen) atoms. The third-order valence-corrected chi connectivity index (χ3v) is 30.2. The minimum Gasteiger partial charge on any atom is -0.450 e. The van der Waals surface area contributed by atoms with E-state index in [9.17, 15) is 28.8 Å². The van der Waals surface area contributed by atoms with Gasteiger partial charge in [-0.15, -0.1) is 0 Å². The zero-order valence-corrected chi connectivity index (χ0v) is 71.5. The van der Waals surface area contributed by atoms with Crippen LogP contribution in [-0.4, -0.2) is 239 Å². The number of carbonyl (C=O) groups is 11. The van der Waals surface area contributed by atoms with Gasteiger partial charge >= 0.3 is 5.97 Å². The van der Waals surface area contributed by atoms with Gasteiger partial charge in [-0.2, -0.15) is 0 Å². The van der Waals surface area contributed by atoms with Gasteiger partial charge in [0.1, 0.15) is 48.3 Å². The molecule has 1 aliphatic rings. The smallest absolute Gasteiger partial charge is 0.329 e. The standard InChI is InChI=1S/C77H144N10O14Si2/c1-31-38-39-54(22)67(101-103(35-5,36-6)37-7)65-71(92)81-63(56(24)100-102(32-2,33-3)34-4)74(95)83(26)46-57(88)45-82(25)60(42-49(12)13)68(89)79-58(40-47(8)9)72(93)84(27)61(43-50(14)15)69(90)78-55(23)77(98)99-66(53(20)21)76(97)85(28)62(44-51(16)17)70(91)80-59(41-48(10)11)73(94)86(29)64(52(18)19)75(96)87(65)30/h31,38,47-56,58-67H,32-37,39-46H2,1-30H3,(H,78,90)(H,79,89)(H,80,91)(H,81,92)/b38-31+/t54-,55+,56-,58-,59+,60+,61-,62-,63+,64-,65-,66+,67-/m1/s1. The highest BCUT2D eigenvalue weighted by atomic mass is 28.4. The van der Waals surface area contributed by atoms with Crippen molar-refractivity contribution < 1.29 is 66.3 Å². The Morgan fingerprint density at radius 3 is 1.27 bits per heavy atom. The van der Waals surface area contributed by atoms with E-state index in [1.54, 1.807) is 46.6 Å². The van der Waals surface area contributed by atoms with Crippen LogP contribution in [0.3, 0.4) is 0 Å². The van der Waals surface area contributed by atoms with Crippen molar-refractivity contribution in [3.05, 3.63) is 12.2 Å². The van der Waals surface area contributed by atoms with Gasteiger partial charge < -0.3 is 59.4 Å². The highest BCUT2D eigenvalue weighted by Crippen LogP contribution is 2.33. The second-order valence-corrected chi connectivity index (χ2v) is 41.8. The van der Waals surface area contributed by atoms with Crippen LogP contribution in [-0.2, 0) is 66.3 Å². The van der Waals surface area contributed by atoms with Crippen LogP contribution in [0.1, 0.15) is 205 Å². The van der Waals surface area contributed by atoms with Crippen LogP contribution in [0.25, 0.3) is 0 Å². The lowest BCUT2D eigenvalue weighted by Gasteiger charge is -2.44. The summed E-state index contributed by atoms with van der Waals surface area (Å²) in [6.07, 6.45) is 1.81. The highest BCUT2D eigenvalue weighted by Gasteiger charge is 2.49. The Bertz CT molecular complexity index is 2760. The molecule has 0 radical (unpaired) electrons. The molecule has 0 aromatic heterocycles. The lowest BCUT2D eigenvalue weighted by Crippen LogP contribution is -2.66. The minimum atomic E-state index is -2.69. The van der Waals surface area contributed by atoms with Gasteiger partial charge in [0.25, 0.3) is 5.91 Å². The van der Waals surface area contributed by atoms with Crippen LogP contribution in [0.2, 0.25) is 36.3 Å². The van der Waals surface area contributed by atoms with Crippen molar-refractivity contribution in [3.63, 3.8) is 0 Å². The van der Waals surface area contributed by atoms with Gasteiger partial charge in [0.05, 0.1) is 31.3 Å². The molecule has 13 atom stereocenters. The first-order valence-electron chi connectivity index (χ1n) is 38.7. The Morgan fingerprint density at radius 2 is 0.854 bits per heavy atom. The molecule has 0 bridgehead atoms. The van der Waals surface area contributed by atoms with Crippen LogP contribution in [0.5, 0.6) is 0 Å².